The first kappa shape index (κ1) is 17.9. The van der Waals surface area contributed by atoms with E-state index in [2.05, 4.69) is 63.2 Å². The summed E-state index contributed by atoms with van der Waals surface area (Å²) < 4.78 is 13.1. The van der Waals surface area contributed by atoms with Crippen molar-refractivity contribution in [1.82, 2.24) is 14.5 Å². The number of hydrogen-bond acceptors (Lipinski definition) is 5. The van der Waals surface area contributed by atoms with Gasteiger partial charge < -0.3 is 19.4 Å². The highest BCUT2D eigenvalue weighted by Gasteiger charge is 2.20. The lowest BCUT2D eigenvalue weighted by atomic mass is 10.0. The van der Waals surface area contributed by atoms with Crippen molar-refractivity contribution in [2.24, 2.45) is 0 Å². The number of rotatable bonds is 7. The van der Waals surface area contributed by atoms with Gasteiger partial charge in [-0.2, -0.15) is 0 Å². The van der Waals surface area contributed by atoms with Crippen LogP contribution in [0.2, 0.25) is 0 Å². The molecular weight excluding hydrogens is 340 g/mol. The number of fused-ring (bicyclic) bond motifs is 1. The Hall–Kier alpha value is -2.44. The van der Waals surface area contributed by atoms with Crippen molar-refractivity contribution in [2.75, 3.05) is 32.2 Å². The summed E-state index contributed by atoms with van der Waals surface area (Å²) in [6.45, 7) is 5.78. The number of aromatic nitrogens is 3. The van der Waals surface area contributed by atoms with E-state index < -0.39 is 0 Å². The molecule has 0 radical (unpaired) electrons. The van der Waals surface area contributed by atoms with E-state index in [1.807, 2.05) is 0 Å². The summed E-state index contributed by atoms with van der Waals surface area (Å²) in [5.41, 5.74) is 3.58. The molecule has 2 aromatic heterocycles. The van der Waals surface area contributed by atoms with Gasteiger partial charge in [0, 0.05) is 50.0 Å². The van der Waals surface area contributed by atoms with Crippen molar-refractivity contribution >= 4 is 16.7 Å². The van der Waals surface area contributed by atoms with Crippen LogP contribution in [0.4, 0.5) is 5.82 Å². The summed E-state index contributed by atoms with van der Waals surface area (Å²) in [6.07, 6.45) is 1.01. The van der Waals surface area contributed by atoms with Crippen molar-refractivity contribution in [2.45, 2.75) is 32.4 Å². The maximum absolute atomic E-state index is 5.52. The summed E-state index contributed by atoms with van der Waals surface area (Å²) in [4.78, 5) is 9.26. The number of methoxy groups -OCH3 is 1. The molecule has 6 heteroatoms. The van der Waals surface area contributed by atoms with Crippen LogP contribution in [-0.4, -0.2) is 41.4 Å². The molecule has 3 aromatic rings. The van der Waals surface area contributed by atoms with Gasteiger partial charge in [-0.25, -0.2) is 9.97 Å². The van der Waals surface area contributed by atoms with Crippen molar-refractivity contribution in [3.8, 4) is 0 Å². The third-order valence-corrected chi connectivity index (χ3v) is 5.07. The molecule has 142 valence electrons. The van der Waals surface area contributed by atoms with Crippen molar-refractivity contribution < 1.29 is 9.47 Å². The largest absolute Gasteiger partial charge is 0.381 e. The maximum Gasteiger partial charge on any atom is 0.156 e. The summed E-state index contributed by atoms with van der Waals surface area (Å²) in [5.74, 6) is 1.92. The zero-order chi connectivity index (χ0) is 18.6. The zero-order valence-corrected chi connectivity index (χ0v) is 15.9. The Balaban J connectivity index is 1.49. The molecule has 0 aliphatic carbocycles. The number of anilines is 1. The second-order valence-corrected chi connectivity index (χ2v) is 7.01. The standard InChI is InChI=1S/C21H26N4O2/c1-15-11-16-5-3-4-6-19(16)25(15)9-8-22-20-12-18(17-7-10-27-13-17)23-21(24-20)14-26-2/h3-6,11-12,17H,7-10,13-14H2,1-2H3,(H,22,23,24)/t17-/m1/s1. The monoisotopic (exact) mass is 366 g/mol. The van der Waals surface area contributed by atoms with E-state index >= 15 is 0 Å². The van der Waals surface area contributed by atoms with Gasteiger partial charge in [-0.15, -0.1) is 0 Å². The molecule has 0 bridgehead atoms. The van der Waals surface area contributed by atoms with Crippen LogP contribution in [0, 0.1) is 6.92 Å². The minimum absolute atomic E-state index is 0.347. The van der Waals surface area contributed by atoms with Crippen LogP contribution in [0.5, 0.6) is 0 Å². The molecule has 4 rings (SSSR count). The predicted octanol–water partition coefficient (Wildman–Crippen LogP) is 3.50. The van der Waals surface area contributed by atoms with Gasteiger partial charge in [0.2, 0.25) is 0 Å². The molecule has 27 heavy (non-hydrogen) atoms. The fraction of sp³-hybridized carbons (Fsp3) is 0.429. The summed E-state index contributed by atoms with van der Waals surface area (Å²) >= 11 is 0. The topological polar surface area (TPSA) is 61.2 Å². The highest BCUT2D eigenvalue weighted by molar-refractivity contribution is 5.81. The number of nitrogens with one attached hydrogen (secondary N) is 1. The molecule has 1 aromatic carbocycles. The van der Waals surface area contributed by atoms with E-state index in [4.69, 9.17) is 9.47 Å². The molecule has 1 atom stereocenters. The maximum atomic E-state index is 5.52. The number of para-hydroxylation sites is 1. The highest BCUT2D eigenvalue weighted by atomic mass is 16.5. The van der Waals surface area contributed by atoms with Crippen LogP contribution in [0.1, 0.15) is 29.6 Å². The average molecular weight is 366 g/mol. The van der Waals surface area contributed by atoms with Crippen molar-refractivity contribution in [3.05, 3.63) is 53.6 Å². The Bertz CT molecular complexity index is 916. The molecule has 1 fully saturated rings. The van der Waals surface area contributed by atoms with Crippen molar-refractivity contribution in [3.63, 3.8) is 0 Å². The van der Waals surface area contributed by atoms with E-state index in [9.17, 15) is 0 Å². The van der Waals surface area contributed by atoms with Gasteiger partial charge in [-0.1, -0.05) is 18.2 Å². The highest BCUT2D eigenvalue weighted by Crippen LogP contribution is 2.25. The van der Waals surface area contributed by atoms with E-state index in [1.54, 1.807) is 7.11 Å². The van der Waals surface area contributed by atoms with Gasteiger partial charge in [0.1, 0.15) is 12.4 Å². The molecule has 3 heterocycles. The van der Waals surface area contributed by atoms with Gasteiger partial charge in [0.15, 0.2) is 5.82 Å². The summed E-state index contributed by atoms with van der Waals surface area (Å²) in [6, 6.07) is 12.8. The fourth-order valence-electron chi connectivity index (χ4n) is 3.72. The van der Waals surface area contributed by atoms with Gasteiger partial charge >= 0.3 is 0 Å². The van der Waals surface area contributed by atoms with E-state index in [0.29, 0.717) is 18.3 Å². The minimum Gasteiger partial charge on any atom is -0.381 e. The smallest absolute Gasteiger partial charge is 0.156 e. The molecule has 1 aliphatic rings. The second-order valence-electron chi connectivity index (χ2n) is 7.01. The Morgan fingerprint density at radius 1 is 1.26 bits per heavy atom. The summed E-state index contributed by atoms with van der Waals surface area (Å²) in [7, 11) is 1.67. The number of aryl methyl sites for hydroxylation is 1. The lowest BCUT2D eigenvalue weighted by Crippen LogP contribution is -2.14. The van der Waals surface area contributed by atoms with Gasteiger partial charge in [0.05, 0.1) is 12.3 Å². The molecular formula is C21H26N4O2. The lowest BCUT2D eigenvalue weighted by Gasteiger charge is -2.14. The molecule has 1 saturated heterocycles. The number of hydrogen-bond donors (Lipinski definition) is 1. The average Bonchev–Trinajstić information content (AvgIpc) is 3.30. The lowest BCUT2D eigenvalue weighted by molar-refractivity contribution is 0.177. The summed E-state index contributed by atoms with van der Waals surface area (Å²) in [5, 5.41) is 4.75. The third-order valence-electron chi connectivity index (χ3n) is 5.07. The Kier molecular flexibility index (Phi) is 5.36. The van der Waals surface area contributed by atoms with Crippen LogP contribution in [0.3, 0.4) is 0 Å². The Morgan fingerprint density at radius 2 is 2.15 bits per heavy atom. The van der Waals surface area contributed by atoms with Crippen LogP contribution in [0.25, 0.3) is 10.9 Å². The third kappa shape index (κ3) is 3.96. The normalized spacial score (nSPS) is 16.9. The minimum atomic E-state index is 0.347. The molecule has 0 spiro atoms. The number of ether oxygens (including phenoxy) is 2. The van der Waals surface area contributed by atoms with Crippen LogP contribution < -0.4 is 5.32 Å². The molecule has 6 nitrogen and oxygen atoms in total. The quantitative estimate of drug-likeness (QED) is 0.693. The first-order valence-corrected chi connectivity index (χ1v) is 9.48. The van der Waals surface area contributed by atoms with Crippen LogP contribution in [-0.2, 0) is 22.6 Å². The van der Waals surface area contributed by atoms with Gasteiger partial charge in [-0.05, 0) is 30.9 Å². The van der Waals surface area contributed by atoms with Crippen LogP contribution >= 0.6 is 0 Å². The van der Waals surface area contributed by atoms with E-state index in [-0.39, 0.29) is 0 Å². The Labute approximate surface area is 159 Å². The van der Waals surface area contributed by atoms with E-state index in [0.717, 1.165) is 44.2 Å². The SMILES string of the molecule is COCc1nc(NCCn2c(C)cc3ccccc32)cc([C@@H]2CCOC2)n1. The van der Waals surface area contributed by atoms with E-state index in [1.165, 1.54) is 16.6 Å². The van der Waals surface area contributed by atoms with Gasteiger partial charge in [0.25, 0.3) is 0 Å². The zero-order valence-electron chi connectivity index (χ0n) is 15.9. The molecule has 1 N–H and O–H groups in total. The van der Waals surface area contributed by atoms with Crippen LogP contribution in [0.15, 0.2) is 36.4 Å². The second kappa shape index (κ2) is 8.06. The Morgan fingerprint density at radius 3 is 2.96 bits per heavy atom. The first-order chi connectivity index (χ1) is 13.2. The van der Waals surface area contributed by atoms with Gasteiger partial charge in [-0.3, -0.25) is 0 Å². The predicted molar refractivity (Wildman–Crippen MR) is 106 cm³/mol. The molecule has 0 saturated carbocycles. The molecule has 1 aliphatic heterocycles. The fourth-order valence-corrected chi connectivity index (χ4v) is 3.72. The first-order valence-electron chi connectivity index (χ1n) is 9.48. The number of nitrogens with zero attached hydrogens (tertiary/aromatic N) is 3. The molecule has 0 unspecified atom stereocenters. The number of benzene rings is 1. The van der Waals surface area contributed by atoms with Crippen molar-refractivity contribution in [1.29, 1.82) is 0 Å². The molecule has 0 amide bonds.